The molecule has 2 rings (SSSR count). The molecule has 3 amide bonds. The molecule has 1 fully saturated rings. The second-order valence-corrected chi connectivity index (χ2v) is 7.14. The number of nitrogens with one attached hydrogen (secondary N) is 4. The summed E-state index contributed by atoms with van der Waals surface area (Å²) in [5.41, 5.74) is 10.8. The minimum atomic E-state index is -0.896. The number of piperidine rings is 1. The highest BCUT2D eigenvalue weighted by molar-refractivity contribution is 6.40. The van der Waals surface area contributed by atoms with E-state index < -0.39 is 23.8 Å². The van der Waals surface area contributed by atoms with Gasteiger partial charge < -0.3 is 32.4 Å². The van der Waals surface area contributed by atoms with Crippen LogP contribution in [0.15, 0.2) is 43.0 Å². The number of carbonyl (C=O) groups is 3. The van der Waals surface area contributed by atoms with Crippen molar-refractivity contribution in [1.82, 2.24) is 15.2 Å². The molecule has 0 saturated carbocycles. The third kappa shape index (κ3) is 6.49. The summed E-state index contributed by atoms with van der Waals surface area (Å²) in [6.07, 6.45) is 9.30. The van der Waals surface area contributed by atoms with Crippen molar-refractivity contribution in [2.75, 3.05) is 11.9 Å². The van der Waals surface area contributed by atoms with Gasteiger partial charge in [0.2, 0.25) is 5.91 Å². The number of primary amides is 1. The molecule has 164 valence electrons. The lowest BCUT2D eigenvalue weighted by Gasteiger charge is -2.38. The molecule has 0 radical (unpaired) electrons. The highest BCUT2D eigenvalue weighted by Gasteiger charge is 2.35. The molecule has 2 heterocycles. The van der Waals surface area contributed by atoms with Crippen molar-refractivity contribution in [2.45, 2.75) is 25.8 Å². The number of hydrogen-bond acceptors (Lipinski definition) is 7. The van der Waals surface area contributed by atoms with Crippen LogP contribution >= 0.6 is 0 Å². The van der Waals surface area contributed by atoms with E-state index in [9.17, 15) is 14.4 Å². The molecule has 0 spiro atoms. The summed E-state index contributed by atoms with van der Waals surface area (Å²) < 4.78 is 0. The Morgan fingerprint density at radius 1 is 1.23 bits per heavy atom. The Hall–Kier alpha value is -4.02. The maximum Gasteiger partial charge on any atom is 0.313 e. The largest absolute Gasteiger partial charge is 0.404 e. The van der Waals surface area contributed by atoms with Gasteiger partial charge in [-0.3, -0.25) is 24.8 Å². The zero-order chi connectivity index (χ0) is 23.0. The smallest absolute Gasteiger partial charge is 0.313 e. The molecule has 31 heavy (non-hydrogen) atoms. The highest BCUT2D eigenvalue weighted by Crippen LogP contribution is 2.23. The lowest BCUT2D eigenvalue weighted by Crippen LogP contribution is -2.53. The van der Waals surface area contributed by atoms with E-state index in [0.29, 0.717) is 13.0 Å². The van der Waals surface area contributed by atoms with Gasteiger partial charge in [0.1, 0.15) is 5.84 Å². The maximum atomic E-state index is 12.9. The van der Waals surface area contributed by atoms with E-state index in [1.807, 2.05) is 6.92 Å². The summed E-state index contributed by atoms with van der Waals surface area (Å²) in [6, 6.07) is 0.750. The first kappa shape index (κ1) is 23.3. The minimum absolute atomic E-state index is 0.0444. The molecule has 0 bridgehead atoms. The topological polar surface area (TPSA) is 191 Å². The Labute approximate surface area is 179 Å². The van der Waals surface area contributed by atoms with Gasteiger partial charge in [0.15, 0.2) is 0 Å². The van der Waals surface area contributed by atoms with Gasteiger partial charge >= 0.3 is 11.8 Å². The summed E-state index contributed by atoms with van der Waals surface area (Å²) in [4.78, 5) is 41.9. The van der Waals surface area contributed by atoms with Crippen molar-refractivity contribution in [1.29, 1.82) is 10.8 Å². The molecule has 1 aromatic heterocycles. The van der Waals surface area contributed by atoms with Crippen molar-refractivity contribution >= 4 is 35.0 Å². The van der Waals surface area contributed by atoms with Crippen LogP contribution in [0.4, 0.5) is 5.69 Å². The fourth-order valence-corrected chi connectivity index (χ4v) is 3.14. The Morgan fingerprint density at radius 3 is 2.65 bits per heavy atom. The Morgan fingerprint density at radius 2 is 1.97 bits per heavy atom. The number of aromatic nitrogens is 1. The van der Waals surface area contributed by atoms with Crippen molar-refractivity contribution in [2.24, 2.45) is 17.4 Å². The molecular weight excluding hydrogens is 400 g/mol. The number of amidine groups is 1. The zero-order valence-electron chi connectivity index (χ0n) is 17.1. The summed E-state index contributed by atoms with van der Waals surface area (Å²) in [6.45, 7) is 2.29. The first-order valence-electron chi connectivity index (χ1n) is 9.58. The van der Waals surface area contributed by atoms with Crippen LogP contribution in [0.3, 0.4) is 0 Å². The number of anilines is 1. The van der Waals surface area contributed by atoms with Gasteiger partial charge in [0.25, 0.3) is 0 Å². The predicted molar refractivity (Wildman–Crippen MR) is 116 cm³/mol. The minimum Gasteiger partial charge on any atom is -0.404 e. The number of hydrogen-bond donors (Lipinski definition) is 6. The van der Waals surface area contributed by atoms with E-state index in [4.69, 9.17) is 22.3 Å². The van der Waals surface area contributed by atoms with Crippen LogP contribution in [0.25, 0.3) is 0 Å². The zero-order valence-corrected chi connectivity index (χ0v) is 17.1. The average molecular weight is 426 g/mol. The highest BCUT2D eigenvalue weighted by atomic mass is 16.2. The first-order chi connectivity index (χ1) is 14.7. The summed E-state index contributed by atoms with van der Waals surface area (Å²) >= 11 is 0. The number of nitrogens with zero attached hydrogens (tertiary/aromatic N) is 2. The molecule has 2 atom stereocenters. The number of rotatable bonds is 6. The lowest BCUT2D eigenvalue weighted by atomic mass is 9.91. The first-order valence-corrected chi connectivity index (χ1v) is 9.58. The average Bonchev–Trinajstić information content (AvgIpc) is 2.73. The van der Waals surface area contributed by atoms with Crippen LogP contribution in [0, 0.1) is 16.7 Å². The number of amides is 3. The number of pyridine rings is 1. The second kappa shape index (κ2) is 10.7. The predicted octanol–water partition coefficient (Wildman–Crippen LogP) is 0.319. The number of nitrogens with two attached hydrogens (primary N) is 2. The van der Waals surface area contributed by atoms with Crippen LogP contribution in [0.1, 0.15) is 30.1 Å². The van der Waals surface area contributed by atoms with E-state index in [1.54, 1.807) is 0 Å². The van der Waals surface area contributed by atoms with Crippen molar-refractivity contribution < 1.29 is 14.4 Å². The van der Waals surface area contributed by atoms with E-state index in [-0.39, 0.29) is 28.7 Å². The number of likely N-dealkylation sites (tertiary alicyclic amines) is 1. The molecule has 11 heteroatoms. The molecule has 0 aromatic carbocycles. The van der Waals surface area contributed by atoms with Gasteiger partial charge in [0, 0.05) is 18.9 Å². The Balaban J connectivity index is 2.11. The fraction of sp³-hybridized carbons (Fsp3) is 0.300. The van der Waals surface area contributed by atoms with Crippen LogP contribution in [-0.4, -0.2) is 51.7 Å². The molecule has 0 unspecified atom stereocenters. The Kier molecular flexibility index (Phi) is 8.01. The van der Waals surface area contributed by atoms with E-state index in [1.165, 1.54) is 47.9 Å². The van der Waals surface area contributed by atoms with Crippen molar-refractivity contribution in [3.05, 3.63) is 48.6 Å². The monoisotopic (exact) mass is 426 g/mol. The standard InChI is InChI=1S/C20H26N8O3/c1-12-2-3-16(15(22)5-7-26-17(23)4-6-21)28(11-12)20(31)19(30)27-14-8-13(18(24)29)9-25-10-14/h4-10,12,16,22H,2-3,11,21H2,1H3,(H2,23,26)(H2,24,29)(H,27,30)/b6-4-,7-5-,22-15?/t12-,16+/m1/s1. The Bertz CT molecular complexity index is 940. The van der Waals surface area contributed by atoms with Gasteiger partial charge in [-0.05, 0) is 43.2 Å². The molecule has 1 saturated heterocycles. The third-order valence-electron chi connectivity index (χ3n) is 4.68. The molecule has 0 aliphatic carbocycles. The van der Waals surface area contributed by atoms with Gasteiger partial charge in [0.05, 0.1) is 29.2 Å². The van der Waals surface area contributed by atoms with Crippen molar-refractivity contribution in [3.63, 3.8) is 0 Å². The second-order valence-electron chi connectivity index (χ2n) is 7.14. The lowest BCUT2D eigenvalue weighted by molar-refractivity contribution is -0.145. The van der Waals surface area contributed by atoms with Gasteiger partial charge in [-0.2, -0.15) is 0 Å². The van der Waals surface area contributed by atoms with E-state index in [0.717, 1.165) is 6.42 Å². The quantitative estimate of drug-likeness (QED) is 0.215. The molecule has 1 aliphatic rings. The molecule has 1 aliphatic heterocycles. The van der Waals surface area contributed by atoms with E-state index in [2.05, 4.69) is 15.6 Å². The maximum absolute atomic E-state index is 12.9. The molecule has 1 aromatic rings. The SMILES string of the molecule is C[C@@H]1CC[C@@H](C(=N)/C=C\NC(=N)/C=C\N)N(C(=O)C(=O)Nc2cncc(C(N)=O)c2)C1. The summed E-state index contributed by atoms with van der Waals surface area (Å²) in [5.74, 6) is -2.17. The van der Waals surface area contributed by atoms with Crippen LogP contribution in [-0.2, 0) is 9.59 Å². The van der Waals surface area contributed by atoms with Crippen molar-refractivity contribution in [3.8, 4) is 0 Å². The number of carbonyl (C=O) groups excluding carboxylic acids is 3. The molecular formula is C20H26N8O3. The molecule has 8 N–H and O–H groups in total. The van der Waals surface area contributed by atoms with Crippen LogP contribution < -0.4 is 22.1 Å². The third-order valence-corrected chi connectivity index (χ3v) is 4.68. The summed E-state index contributed by atoms with van der Waals surface area (Å²) in [5, 5.41) is 21.0. The van der Waals surface area contributed by atoms with Crippen LogP contribution in [0.2, 0.25) is 0 Å². The summed E-state index contributed by atoms with van der Waals surface area (Å²) in [7, 11) is 0. The van der Waals surface area contributed by atoms with Gasteiger partial charge in [-0.15, -0.1) is 0 Å². The van der Waals surface area contributed by atoms with Crippen LogP contribution in [0.5, 0.6) is 0 Å². The molecule has 11 nitrogen and oxygen atoms in total. The fourth-order valence-electron chi connectivity index (χ4n) is 3.14. The van der Waals surface area contributed by atoms with E-state index >= 15 is 0 Å². The van der Waals surface area contributed by atoms with Gasteiger partial charge in [-0.25, -0.2) is 0 Å². The van der Waals surface area contributed by atoms with Gasteiger partial charge in [-0.1, -0.05) is 6.92 Å². The normalized spacial score (nSPS) is 18.7.